The number of ether oxygens (including phenoxy) is 1. The van der Waals surface area contributed by atoms with E-state index in [2.05, 4.69) is 25.9 Å². The van der Waals surface area contributed by atoms with E-state index in [9.17, 15) is 14.4 Å². The summed E-state index contributed by atoms with van der Waals surface area (Å²) in [5.41, 5.74) is 6.49. The number of esters is 1. The lowest BCUT2D eigenvalue weighted by Crippen LogP contribution is -2.49. The number of carbonyl (C=O) groups excluding carboxylic acids is 3. The van der Waals surface area contributed by atoms with Gasteiger partial charge in [-0.25, -0.2) is 4.98 Å². The quantitative estimate of drug-likeness (QED) is 0.301. The van der Waals surface area contributed by atoms with E-state index in [-0.39, 0.29) is 63.4 Å². The number of nitrogens with one attached hydrogen (secondary N) is 4. The van der Waals surface area contributed by atoms with Crippen LogP contribution in [0.15, 0.2) is 12.5 Å². The monoisotopic (exact) mass is 486 g/mol. The molecule has 2 amide bonds. The summed E-state index contributed by atoms with van der Waals surface area (Å²) >= 11 is 0. The lowest BCUT2D eigenvalue weighted by Gasteiger charge is -2.21. The molecule has 0 fully saturated rings. The number of rotatable bonds is 11. The number of hydrogen-bond acceptors (Lipinski definition) is 7. The molecule has 0 aliphatic rings. The molecule has 0 radical (unpaired) electrons. The van der Waals surface area contributed by atoms with Crippen molar-refractivity contribution in [3.63, 3.8) is 0 Å². The van der Waals surface area contributed by atoms with Gasteiger partial charge in [-0.3, -0.25) is 14.4 Å². The Hall–Kier alpha value is -2.46. The van der Waals surface area contributed by atoms with Gasteiger partial charge in [0.15, 0.2) is 0 Å². The molecule has 2 atom stereocenters. The van der Waals surface area contributed by atoms with Crippen LogP contribution in [0.4, 0.5) is 0 Å². The van der Waals surface area contributed by atoms with Crippen LogP contribution in [-0.2, 0) is 25.5 Å². The van der Waals surface area contributed by atoms with Gasteiger partial charge in [0.1, 0.15) is 0 Å². The summed E-state index contributed by atoms with van der Waals surface area (Å²) in [7, 11) is 0. The van der Waals surface area contributed by atoms with Gasteiger partial charge in [-0.1, -0.05) is 28.7 Å². The van der Waals surface area contributed by atoms with Crippen LogP contribution in [0.2, 0.25) is 0 Å². The average Bonchev–Trinajstić information content (AvgIpc) is 3.12. The molecular formula is C24H50N6O4. The first-order chi connectivity index (χ1) is 14.8. The minimum absolute atomic E-state index is 0. The van der Waals surface area contributed by atoms with Crippen molar-refractivity contribution >= 4 is 17.8 Å². The van der Waals surface area contributed by atoms with E-state index in [1.54, 1.807) is 26.4 Å². The van der Waals surface area contributed by atoms with Crippen molar-refractivity contribution in [2.75, 3.05) is 0 Å². The molecule has 0 aliphatic heterocycles. The van der Waals surface area contributed by atoms with Crippen molar-refractivity contribution < 1.29 is 19.1 Å². The number of carbonyl (C=O) groups is 3. The van der Waals surface area contributed by atoms with Gasteiger partial charge in [0.05, 0.1) is 30.9 Å². The lowest BCUT2D eigenvalue weighted by molar-refractivity contribution is -0.149. The van der Waals surface area contributed by atoms with Crippen LogP contribution < -0.4 is 21.7 Å². The van der Waals surface area contributed by atoms with Gasteiger partial charge in [-0.15, -0.1) is 0 Å². The van der Waals surface area contributed by atoms with Crippen LogP contribution >= 0.6 is 0 Å². The second-order valence-electron chi connectivity index (χ2n) is 8.83. The summed E-state index contributed by atoms with van der Waals surface area (Å²) < 4.78 is 4.88. The molecule has 0 saturated carbocycles. The third-order valence-electron chi connectivity index (χ3n) is 3.78. The molecule has 0 saturated heterocycles. The molecule has 6 N–H and O–H groups in total. The Bertz CT molecular complexity index is 675. The van der Waals surface area contributed by atoms with Crippen molar-refractivity contribution in [2.45, 2.75) is 119 Å². The molecule has 34 heavy (non-hydrogen) atoms. The molecule has 1 aromatic rings. The second-order valence-corrected chi connectivity index (χ2v) is 8.83. The lowest BCUT2D eigenvalue weighted by atomic mass is 10.1. The summed E-state index contributed by atoms with van der Waals surface area (Å²) in [5.74, 6) is -0.745. The predicted octanol–water partition coefficient (Wildman–Crippen LogP) is 2.30. The van der Waals surface area contributed by atoms with Crippen molar-refractivity contribution in [1.29, 1.82) is 0 Å². The smallest absolute Gasteiger partial charge is 0.308 e. The summed E-state index contributed by atoms with van der Waals surface area (Å²) in [6.07, 6.45) is 3.73. The number of H-pyrrole nitrogens is 1. The topological polar surface area (TPSA) is 151 Å². The number of aromatic amines is 1. The molecule has 0 spiro atoms. The van der Waals surface area contributed by atoms with Crippen molar-refractivity contribution in [3.8, 4) is 0 Å². The second kappa shape index (κ2) is 18.9. The highest BCUT2D eigenvalue weighted by Crippen LogP contribution is 2.01. The van der Waals surface area contributed by atoms with Crippen LogP contribution in [0.5, 0.6) is 0 Å². The maximum atomic E-state index is 12.0. The molecule has 10 nitrogen and oxygen atoms in total. The van der Waals surface area contributed by atoms with E-state index in [4.69, 9.17) is 10.5 Å². The van der Waals surface area contributed by atoms with Crippen LogP contribution in [-0.4, -0.2) is 64.1 Å². The highest BCUT2D eigenvalue weighted by molar-refractivity contribution is 5.86. The largest absolute Gasteiger partial charge is 0.463 e. The fourth-order valence-electron chi connectivity index (χ4n) is 2.61. The van der Waals surface area contributed by atoms with Crippen molar-refractivity contribution in [1.82, 2.24) is 25.9 Å². The van der Waals surface area contributed by atoms with Gasteiger partial charge in [-0.2, -0.15) is 0 Å². The molecule has 0 aromatic carbocycles. The molecule has 0 aliphatic carbocycles. The van der Waals surface area contributed by atoms with Gasteiger partial charge in [0.25, 0.3) is 0 Å². The Labute approximate surface area is 206 Å². The van der Waals surface area contributed by atoms with E-state index >= 15 is 0 Å². The number of hydrogen-bond donors (Lipinski definition) is 5. The zero-order valence-corrected chi connectivity index (χ0v) is 20.7. The molecule has 10 heteroatoms. The van der Waals surface area contributed by atoms with Gasteiger partial charge < -0.3 is 31.4 Å². The van der Waals surface area contributed by atoms with Gasteiger partial charge in [-0.05, 0) is 41.5 Å². The van der Waals surface area contributed by atoms with Crippen LogP contribution in [0, 0.1) is 0 Å². The summed E-state index contributed by atoms with van der Waals surface area (Å²) in [5, 5.41) is 8.82. The SMILES string of the molecule is C.C.CC(C)NC(=O)[C@@H](N)CC(=O)OC(C)C.CC(C)NC(=O)[C@H](Cc1cnc[nH]1)NC(C)C. The number of nitrogens with zero attached hydrogens (tertiary/aromatic N) is 1. The third kappa shape index (κ3) is 18.0. The fraction of sp³-hybridized carbons (Fsp3) is 0.750. The third-order valence-corrected chi connectivity index (χ3v) is 3.78. The molecule has 0 bridgehead atoms. The Morgan fingerprint density at radius 2 is 1.47 bits per heavy atom. The molecule has 0 unspecified atom stereocenters. The summed E-state index contributed by atoms with van der Waals surface area (Å²) in [4.78, 5) is 41.5. The van der Waals surface area contributed by atoms with E-state index in [1.807, 2.05) is 41.5 Å². The highest BCUT2D eigenvalue weighted by Gasteiger charge is 2.21. The average molecular weight is 487 g/mol. The zero-order valence-electron chi connectivity index (χ0n) is 20.7. The summed E-state index contributed by atoms with van der Waals surface area (Å²) in [6, 6.07) is -0.622. The van der Waals surface area contributed by atoms with Gasteiger partial charge >= 0.3 is 5.97 Å². The molecule has 1 rings (SSSR count). The minimum atomic E-state index is -0.835. The van der Waals surface area contributed by atoms with Gasteiger partial charge in [0, 0.05) is 36.4 Å². The summed E-state index contributed by atoms with van der Waals surface area (Å²) in [6.45, 7) is 15.1. The highest BCUT2D eigenvalue weighted by atomic mass is 16.5. The Morgan fingerprint density at radius 1 is 0.941 bits per heavy atom. The standard InChI is InChI=1S/C12H22N4O.C10H20N2O3.2CH4/c1-8(2)15-11(12(17)16-9(3)4)5-10-6-13-7-14-10;1-6(2)12-10(14)8(11)5-9(13)15-7(3)4;;/h6-9,11,15H,5H2,1-4H3,(H,13,14)(H,16,17);6-8H,5,11H2,1-4H3,(H,12,14);2*1H4/t11-;8-;;/m00../s1. The van der Waals surface area contributed by atoms with E-state index in [0.29, 0.717) is 6.42 Å². The molecule has 200 valence electrons. The molecule has 1 aromatic heterocycles. The first kappa shape index (κ1) is 36.1. The Balaban J connectivity index is -0.000000538. The van der Waals surface area contributed by atoms with E-state index < -0.39 is 12.0 Å². The zero-order chi connectivity index (χ0) is 24.8. The normalized spacial score (nSPS) is 12.1. The van der Waals surface area contributed by atoms with E-state index in [1.165, 1.54) is 0 Å². The maximum absolute atomic E-state index is 12.0. The minimum Gasteiger partial charge on any atom is -0.463 e. The van der Waals surface area contributed by atoms with Crippen molar-refractivity contribution in [2.24, 2.45) is 5.73 Å². The number of aromatic nitrogens is 2. The fourth-order valence-corrected chi connectivity index (χ4v) is 2.61. The van der Waals surface area contributed by atoms with Crippen LogP contribution in [0.25, 0.3) is 0 Å². The maximum Gasteiger partial charge on any atom is 0.308 e. The number of nitrogens with two attached hydrogens (primary N) is 1. The van der Waals surface area contributed by atoms with Crippen molar-refractivity contribution in [3.05, 3.63) is 18.2 Å². The first-order valence-corrected chi connectivity index (χ1v) is 11.1. The Morgan fingerprint density at radius 3 is 1.88 bits per heavy atom. The number of amides is 2. The van der Waals surface area contributed by atoms with Crippen LogP contribution in [0.3, 0.4) is 0 Å². The van der Waals surface area contributed by atoms with Gasteiger partial charge in [0.2, 0.25) is 11.8 Å². The predicted molar refractivity (Wildman–Crippen MR) is 138 cm³/mol. The molecule has 1 heterocycles. The number of imidazole rings is 1. The van der Waals surface area contributed by atoms with E-state index in [0.717, 1.165) is 5.69 Å². The molecular weight excluding hydrogens is 436 g/mol. The first-order valence-electron chi connectivity index (χ1n) is 11.1. The van der Waals surface area contributed by atoms with Crippen LogP contribution in [0.1, 0.15) is 82.4 Å². The Kier molecular flexibility index (Phi) is 20.1.